The fraction of sp³-hybridized carbons (Fsp3) is 0.333. The van der Waals surface area contributed by atoms with Crippen molar-refractivity contribution in [3.05, 3.63) is 35.4 Å². The summed E-state index contributed by atoms with van der Waals surface area (Å²) in [5.41, 5.74) is -0.846. The summed E-state index contributed by atoms with van der Waals surface area (Å²) in [5, 5.41) is 0. The average molecular weight is 224 g/mol. The largest absolute Gasteiger partial charge is 0.303 e. The first-order valence-electron chi connectivity index (χ1n) is 5.02. The molecule has 0 radical (unpaired) electrons. The van der Waals surface area contributed by atoms with Gasteiger partial charge in [-0.3, -0.25) is 4.79 Å². The van der Waals surface area contributed by atoms with E-state index in [1.165, 1.54) is 0 Å². The van der Waals surface area contributed by atoms with E-state index in [0.717, 1.165) is 12.1 Å². The molecular formula is C12H10F2O2. The van der Waals surface area contributed by atoms with E-state index in [9.17, 15) is 18.4 Å². The molecule has 0 unspecified atom stereocenters. The van der Waals surface area contributed by atoms with Gasteiger partial charge in [0, 0.05) is 17.9 Å². The van der Waals surface area contributed by atoms with Crippen LogP contribution in [0.1, 0.15) is 29.6 Å². The van der Waals surface area contributed by atoms with E-state index in [0.29, 0.717) is 25.2 Å². The molecule has 2 nitrogen and oxygen atoms in total. The van der Waals surface area contributed by atoms with Gasteiger partial charge in [0.1, 0.15) is 17.9 Å². The molecule has 0 spiro atoms. The molecule has 0 N–H and O–H groups in total. The highest BCUT2D eigenvalue weighted by atomic mass is 19.1. The number of rotatable bonds is 4. The maximum absolute atomic E-state index is 13.4. The summed E-state index contributed by atoms with van der Waals surface area (Å²) in [4.78, 5) is 22.4. The molecule has 1 aliphatic rings. The zero-order chi connectivity index (χ0) is 11.8. The molecule has 16 heavy (non-hydrogen) atoms. The van der Waals surface area contributed by atoms with Crippen molar-refractivity contribution < 1.29 is 18.4 Å². The van der Waals surface area contributed by atoms with Gasteiger partial charge in [0.25, 0.3) is 0 Å². The van der Waals surface area contributed by atoms with E-state index in [-0.39, 0.29) is 12.0 Å². The van der Waals surface area contributed by atoms with Crippen molar-refractivity contribution >= 4 is 12.1 Å². The first-order valence-corrected chi connectivity index (χ1v) is 5.02. The summed E-state index contributed by atoms with van der Waals surface area (Å²) in [5.74, 6) is -1.96. The maximum atomic E-state index is 13.4. The lowest BCUT2D eigenvalue weighted by Gasteiger charge is -2.10. The van der Waals surface area contributed by atoms with Crippen molar-refractivity contribution in [2.24, 2.45) is 5.41 Å². The molecule has 1 aliphatic carbocycles. The third-order valence-corrected chi connectivity index (χ3v) is 2.99. The Balaban J connectivity index is 2.31. The van der Waals surface area contributed by atoms with Gasteiger partial charge in [-0.15, -0.1) is 0 Å². The second kappa shape index (κ2) is 3.77. The van der Waals surface area contributed by atoms with Crippen molar-refractivity contribution in [1.82, 2.24) is 0 Å². The summed E-state index contributed by atoms with van der Waals surface area (Å²) < 4.78 is 26.0. The number of ketones is 1. The molecule has 2 rings (SSSR count). The van der Waals surface area contributed by atoms with Crippen LogP contribution in [0, 0.1) is 17.0 Å². The van der Waals surface area contributed by atoms with Crippen LogP contribution in [0.2, 0.25) is 0 Å². The van der Waals surface area contributed by atoms with Crippen molar-refractivity contribution in [3.8, 4) is 0 Å². The number of halogens is 2. The standard InChI is InChI=1S/C12H10F2O2/c13-8-1-2-9(10(14)7-8)11(16)12(3-4-12)5-6-15/h1-2,6-7H,3-5H2. The lowest BCUT2D eigenvalue weighted by atomic mass is 9.92. The average Bonchev–Trinajstić information content (AvgIpc) is 2.99. The molecule has 0 saturated heterocycles. The highest BCUT2D eigenvalue weighted by Crippen LogP contribution is 2.50. The van der Waals surface area contributed by atoms with E-state index in [1.807, 2.05) is 0 Å². The van der Waals surface area contributed by atoms with Crippen LogP contribution in [0.3, 0.4) is 0 Å². The number of benzene rings is 1. The first kappa shape index (κ1) is 10.9. The van der Waals surface area contributed by atoms with E-state index < -0.39 is 22.8 Å². The van der Waals surface area contributed by atoms with Gasteiger partial charge in [0.15, 0.2) is 5.78 Å². The van der Waals surface area contributed by atoms with E-state index in [4.69, 9.17) is 0 Å². The summed E-state index contributed by atoms with van der Waals surface area (Å²) in [6, 6.07) is 2.87. The molecular weight excluding hydrogens is 214 g/mol. The van der Waals surface area contributed by atoms with Crippen LogP contribution in [0.5, 0.6) is 0 Å². The predicted octanol–water partition coefficient (Wildman–Crippen LogP) is 2.52. The van der Waals surface area contributed by atoms with Gasteiger partial charge in [-0.05, 0) is 25.0 Å². The first-order chi connectivity index (χ1) is 7.59. The van der Waals surface area contributed by atoms with Crippen molar-refractivity contribution in [2.45, 2.75) is 19.3 Å². The minimum atomic E-state index is -0.859. The predicted molar refractivity (Wildman–Crippen MR) is 53.0 cm³/mol. The number of carbonyl (C=O) groups excluding carboxylic acids is 2. The number of Topliss-reactive ketones (excluding diaryl/α,β-unsaturated/α-hetero) is 1. The maximum Gasteiger partial charge on any atom is 0.172 e. The molecule has 1 aromatic carbocycles. The Kier molecular flexibility index (Phi) is 2.58. The van der Waals surface area contributed by atoms with Gasteiger partial charge in [-0.2, -0.15) is 0 Å². The lowest BCUT2D eigenvalue weighted by molar-refractivity contribution is -0.108. The zero-order valence-electron chi connectivity index (χ0n) is 8.50. The van der Waals surface area contributed by atoms with Crippen LogP contribution < -0.4 is 0 Å². The monoisotopic (exact) mass is 224 g/mol. The molecule has 0 aliphatic heterocycles. The topological polar surface area (TPSA) is 34.1 Å². The Morgan fingerprint density at radius 2 is 2.06 bits per heavy atom. The Bertz CT molecular complexity index is 450. The number of aldehydes is 1. The van der Waals surface area contributed by atoms with Crippen LogP contribution in [0.25, 0.3) is 0 Å². The number of hydrogen-bond acceptors (Lipinski definition) is 2. The number of carbonyl (C=O) groups is 2. The summed E-state index contributed by atoms with van der Waals surface area (Å²) >= 11 is 0. The molecule has 84 valence electrons. The van der Waals surface area contributed by atoms with Gasteiger partial charge in [0.05, 0.1) is 5.56 Å². The third-order valence-electron chi connectivity index (χ3n) is 2.99. The Hall–Kier alpha value is -1.58. The van der Waals surface area contributed by atoms with Crippen LogP contribution in [-0.4, -0.2) is 12.1 Å². The smallest absolute Gasteiger partial charge is 0.172 e. The van der Waals surface area contributed by atoms with Crippen molar-refractivity contribution in [3.63, 3.8) is 0 Å². The fourth-order valence-electron chi connectivity index (χ4n) is 1.79. The van der Waals surface area contributed by atoms with Crippen molar-refractivity contribution in [2.75, 3.05) is 0 Å². The molecule has 1 fully saturated rings. The molecule has 4 heteroatoms. The van der Waals surface area contributed by atoms with Crippen LogP contribution in [-0.2, 0) is 4.79 Å². The molecule has 0 heterocycles. The zero-order valence-corrected chi connectivity index (χ0v) is 8.50. The highest BCUT2D eigenvalue weighted by molar-refractivity contribution is 6.03. The highest BCUT2D eigenvalue weighted by Gasteiger charge is 2.49. The third kappa shape index (κ3) is 1.75. The van der Waals surface area contributed by atoms with Crippen LogP contribution in [0.15, 0.2) is 18.2 Å². The van der Waals surface area contributed by atoms with Gasteiger partial charge >= 0.3 is 0 Å². The molecule has 0 amide bonds. The molecule has 0 atom stereocenters. The molecule has 0 aromatic heterocycles. The normalized spacial score (nSPS) is 16.9. The SMILES string of the molecule is O=CCC1(C(=O)c2ccc(F)cc2F)CC1. The second-order valence-corrected chi connectivity index (χ2v) is 4.10. The molecule has 1 saturated carbocycles. The van der Waals surface area contributed by atoms with Gasteiger partial charge in [0.2, 0.25) is 0 Å². The van der Waals surface area contributed by atoms with Crippen LogP contribution >= 0.6 is 0 Å². The quantitative estimate of drug-likeness (QED) is 0.581. The summed E-state index contributed by atoms with van der Waals surface area (Å²) in [7, 11) is 0. The molecule has 0 bridgehead atoms. The Morgan fingerprint density at radius 1 is 1.38 bits per heavy atom. The minimum absolute atomic E-state index is 0.114. The number of hydrogen-bond donors (Lipinski definition) is 0. The molecule has 1 aromatic rings. The Morgan fingerprint density at radius 3 is 2.56 bits per heavy atom. The summed E-state index contributed by atoms with van der Waals surface area (Å²) in [6.07, 6.45) is 1.98. The van der Waals surface area contributed by atoms with Crippen LogP contribution in [0.4, 0.5) is 8.78 Å². The van der Waals surface area contributed by atoms with E-state index in [1.54, 1.807) is 0 Å². The minimum Gasteiger partial charge on any atom is -0.303 e. The fourth-order valence-corrected chi connectivity index (χ4v) is 1.79. The van der Waals surface area contributed by atoms with E-state index in [2.05, 4.69) is 0 Å². The summed E-state index contributed by atoms with van der Waals surface area (Å²) in [6.45, 7) is 0. The van der Waals surface area contributed by atoms with E-state index >= 15 is 0 Å². The van der Waals surface area contributed by atoms with Gasteiger partial charge < -0.3 is 4.79 Å². The second-order valence-electron chi connectivity index (χ2n) is 4.10. The van der Waals surface area contributed by atoms with Gasteiger partial charge in [-0.25, -0.2) is 8.78 Å². The van der Waals surface area contributed by atoms with Gasteiger partial charge in [-0.1, -0.05) is 0 Å². The lowest BCUT2D eigenvalue weighted by Crippen LogP contribution is -2.18. The Labute approximate surface area is 91.3 Å². The van der Waals surface area contributed by atoms with Crippen molar-refractivity contribution in [1.29, 1.82) is 0 Å².